The third-order valence-corrected chi connectivity index (χ3v) is 3.25. The average molecular weight is 314 g/mol. The number of carbonyl (C=O) groups excluding carboxylic acids is 1. The fourth-order valence-electron chi connectivity index (χ4n) is 2.14. The number of halogens is 2. The van der Waals surface area contributed by atoms with Gasteiger partial charge < -0.3 is 5.32 Å². The minimum absolute atomic E-state index is 0.163. The number of amides is 1. The number of hydrogen-bond donors (Lipinski definition) is 1. The fourth-order valence-corrected chi connectivity index (χ4v) is 2.14. The Kier molecular flexibility index (Phi) is 3.84. The van der Waals surface area contributed by atoms with Crippen molar-refractivity contribution in [1.82, 2.24) is 14.8 Å². The van der Waals surface area contributed by atoms with Gasteiger partial charge in [0.05, 0.1) is 17.6 Å². The molecule has 0 atom stereocenters. The maximum Gasteiger partial charge on any atom is 0.276 e. The van der Waals surface area contributed by atoms with Crippen molar-refractivity contribution in [1.29, 1.82) is 0 Å². The first kappa shape index (κ1) is 14.8. The molecule has 3 rings (SSSR count). The van der Waals surface area contributed by atoms with Crippen molar-refractivity contribution in [3.05, 3.63) is 66.1 Å². The predicted molar refractivity (Wildman–Crippen MR) is 80.8 cm³/mol. The largest absolute Gasteiger partial charge is 0.319 e. The van der Waals surface area contributed by atoms with E-state index in [9.17, 15) is 13.6 Å². The van der Waals surface area contributed by atoms with Crippen molar-refractivity contribution < 1.29 is 13.6 Å². The Labute approximate surface area is 130 Å². The molecule has 5 nitrogen and oxygen atoms in total. The standard InChI is InChI=1S/C16H12F2N4O/c1-22-15(10-4-5-12(17)13(18)7-10)8-14(21-22)16(23)20-11-3-2-6-19-9-11/h2-9H,1H3,(H,20,23). The topological polar surface area (TPSA) is 59.8 Å². The summed E-state index contributed by atoms with van der Waals surface area (Å²) in [5.74, 6) is -2.29. The van der Waals surface area contributed by atoms with Gasteiger partial charge in [0.15, 0.2) is 17.3 Å². The van der Waals surface area contributed by atoms with E-state index in [1.165, 1.54) is 23.0 Å². The second-order valence-electron chi connectivity index (χ2n) is 4.86. The number of nitrogens with zero attached hydrogens (tertiary/aromatic N) is 3. The van der Waals surface area contributed by atoms with Crippen LogP contribution in [0.3, 0.4) is 0 Å². The van der Waals surface area contributed by atoms with E-state index in [0.29, 0.717) is 16.9 Å². The van der Waals surface area contributed by atoms with Crippen LogP contribution in [-0.4, -0.2) is 20.7 Å². The first-order valence-corrected chi connectivity index (χ1v) is 6.75. The second kappa shape index (κ2) is 5.96. The van der Waals surface area contributed by atoms with Gasteiger partial charge in [-0.2, -0.15) is 5.10 Å². The number of anilines is 1. The molecular formula is C16H12F2N4O. The number of benzene rings is 1. The molecule has 7 heteroatoms. The molecule has 0 saturated heterocycles. The molecule has 0 aliphatic carbocycles. The molecule has 0 radical (unpaired) electrons. The lowest BCUT2D eigenvalue weighted by Gasteiger charge is -2.01. The Morgan fingerprint density at radius 3 is 2.70 bits per heavy atom. The molecule has 116 valence electrons. The van der Waals surface area contributed by atoms with Crippen LogP contribution >= 0.6 is 0 Å². The second-order valence-corrected chi connectivity index (χ2v) is 4.86. The zero-order valence-electron chi connectivity index (χ0n) is 12.1. The monoisotopic (exact) mass is 314 g/mol. The van der Waals surface area contributed by atoms with Gasteiger partial charge in [0.2, 0.25) is 0 Å². The molecule has 2 heterocycles. The first-order valence-electron chi connectivity index (χ1n) is 6.75. The van der Waals surface area contributed by atoms with Crippen LogP contribution in [-0.2, 0) is 7.05 Å². The van der Waals surface area contributed by atoms with Gasteiger partial charge in [-0.1, -0.05) is 0 Å². The Bertz CT molecular complexity index is 862. The van der Waals surface area contributed by atoms with Crippen molar-refractivity contribution in [2.75, 3.05) is 5.32 Å². The Morgan fingerprint density at radius 1 is 1.17 bits per heavy atom. The SMILES string of the molecule is Cn1nc(C(=O)Nc2cccnc2)cc1-c1ccc(F)c(F)c1. The summed E-state index contributed by atoms with van der Waals surface area (Å²) in [6, 6.07) is 8.43. The van der Waals surface area contributed by atoms with Gasteiger partial charge in [-0.25, -0.2) is 8.78 Å². The summed E-state index contributed by atoms with van der Waals surface area (Å²) in [7, 11) is 1.62. The Balaban J connectivity index is 1.88. The molecule has 0 spiro atoms. The molecule has 2 aromatic heterocycles. The molecule has 0 bridgehead atoms. The highest BCUT2D eigenvalue weighted by molar-refractivity contribution is 6.03. The number of aromatic nitrogens is 3. The van der Waals surface area contributed by atoms with Crippen LogP contribution in [0.5, 0.6) is 0 Å². The normalized spacial score (nSPS) is 10.6. The van der Waals surface area contributed by atoms with Gasteiger partial charge in [0.1, 0.15) is 0 Å². The van der Waals surface area contributed by atoms with Crippen LogP contribution in [0.15, 0.2) is 48.8 Å². The quantitative estimate of drug-likeness (QED) is 0.808. The fraction of sp³-hybridized carbons (Fsp3) is 0.0625. The third kappa shape index (κ3) is 3.08. The van der Waals surface area contributed by atoms with Gasteiger partial charge >= 0.3 is 0 Å². The molecule has 3 aromatic rings. The summed E-state index contributed by atoms with van der Waals surface area (Å²) in [5.41, 5.74) is 1.63. The lowest BCUT2D eigenvalue weighted by molar-refractivity contribution is 0.102. The molecule has 1 N–H and O–H groups in total. The number of pyridine rings is 1. The van der Waals surface area contributed by atoms with E-state index in [2.05, 4.69) is 15.4 Å². The van der Waals surface area contributed by atoms with Crippen molar-refractivity contribution in [2.45, 2.75) is 0 Å². The highest BCUT2D eigenvalue weighted by atomic mass is 19.2. The average Bonchev–Trinajstić information content (AvgIpc) is 2.93. The van der Waals surface area contributed by atoms with Crippen LogP contribution in [0.4, 0.5) is 14.5 Å². The summed E-state index contributed by atoms with van der Waals surface area (Å²) in [5, 5.41) is 6.76. The molecule has 23 heavy (non-hydrogen) atoms. The maximum absolute atomic E-state index is 13.4. The van der Waals surface area contributed by atoms with Crippen LogP contribution in [0.2, 0.25) is 0 Å². The van der Waals surface area contributed by atoms with E-state index >= 15 is 0 Å². The number of hydrogen-bond acceptors (Lipinski definition) is 3. The summed E-state index contributed by atoms with van der Waals surface area (Å²) < 4.78 is 27.8. The predicted octanol–water partition coefficient (Wildman–Crippen LogP) is 3.01. The zero-order chi connectivity index (χ0) is 16.4. The van der Waals surface area contributed by atoms with Gasteiger partial charge in [0.25, 0.3) is 5.91 Å². The number of nitrogens with one attached hydrogen (secondary N) is 1. The maximum atomic E-state index is 13.4. The van der Waals surface area contributed by atoms with Crippen LogP contribution < -0.4 is 5.32 Å². The van der Waals surface area contributed by atoms with Crippen LogP contribution in [0, 0.1) is 11.6 Å². The Morgan fingerprint density at radius 2 is 2.00 bits per heavy atom. The van der Waals surface area contributed by atoms with Gasteiger partial charge in [0, 0.05) is 18.8 Å². The zero-order valence-corrected chi connectivity index (χ0v) is 12.1. The van der Waals surface area contributed by atoms with E-state index in [0.717, 1.165) is 12.1 Å². The van der Waals surface area contributed by atoms with E-state index in [1.54, 1.807) is 25.4 Å². The Hall–Kier alpha value is -3.09. The van der Waals surface area contributed by atoms with E-state index < -0.39 is 17.5 Å². The van der Waals surface area contributed by atoms with Crippen LogP contribution in [0.1, 0.15) is 10.5 Å². The van der Waals surface area contributed by atoms with Crippen LogP contribution in [0.25, 0.3) is 11.3 Å². The lowest BCUT2D eigenvalue weighted by Crippen LogP contribution is -2.13. The molecule has 0 saturated carbocycles. The van der Waals surface area contributed by atoms with Gasteiger partial charge in [-0.05, 0) is 36.4 Å². The minimum Gasteiger partial charge on any atom is -0.319 e. The molecule has 0 fully saturated rings. The van der Waals surface area contributed by atoms with Gasteiger partial charge in [-0.15, -0.1) is 0 Å². The van der Waals surface area contributed by atoms with Crippen molar-refractivity contribution in [3.63, 3.8) is 0 Å². The van der Waals surface area contributed by atoms with Crippen molar-refractivity contribution in [3.8, 4) is 11.3 Å². The molecule has 1 amide bonds. The van der Waals surface area contributed by atoms with Crippen molar-refractivity contribution >= 4 is 11.6 Å². The summed E-state index contributed by atoms with van der Waals surface area (Å²) in [6.07, 6.45) is 3.11. The molecular weight excluding hydrogens is 302 g/mol. The number of carbonyl (C=O) groups is 1. The summed E-state index contributed by atoms with van der Waals surface area (Å²) >= 11 is 0. The molecule has 0 aliphatic rings. The summed E-state index contributed by atoms with van der Waals surface area (Å²) in [4.78, 5) is 16.1. The highest BCUT2D eigenvalue weighted by Crippen LogP contribution is 2.22. The highest BCUT2D eigenvalue weighted by Gasteiger charge is 2.15. The van der Waals surface area contributed by atoms with Crippen molar-refractivity contribution in [2.24, 2.45) is 7.05 Å². The minimum atomic E-state index is -0.954. The molecule has 0 unspecified atom stereocenters. The lowest BCUT2D eigenvalue weighted by atomic mass is 10.1. The number of aryl methyl sites for hydroxylation is 1. The molecule has 1 aromatic carbocycles. The molecule has 0 aliphatic heterocycles. The first-order chi connectivity index (χ1) is 11.0. The number of rotatable bonds is 3. The van der Waals surface area contributed by atoms with Gasteiger partial charge in [-0.3, -0.25) is 14.5 Å². The van der Waals surface area contributed by atoms with E-state index in [1.807, 2.05) is 0 Å². The smallest absolute Gasteiger partial charge is 0.276 e. The third-order valence-electron chi connectivity index (χ3n) is 3.25. The summed E-state index contributed by atoms with van der Waals surface area (Å²) in [6.45, 7) is 0. The van der Waals surface area contributed by atoms with E-state index in [4.69, 9.17) is 0 Å². The van der Waals surface area contributed by atoms with E-state index in [-0.39, 0.29) is 5.69 Å².